The summed E-state index contributed by atoms with van der Waals surface area (Å²) >= 11 is 4.47. The molecule has 9 nitrogen and oxygen atoms in total. The van der Waals surface area contributed by atoms with Crippen molar-refractivity contribution in [2.75, 3.05) is 65.4 Å². The van der Waals surface area contributed by atoms with Crippen LogP contribution in [-0.4, -0.2) is 104 Å². The lowest BCUT2D eigenvalue weighted by molar-refractivity contribution is -0.254. The molecule has 0 radical (unpaired) electrons. The Labute approximate surface area is 224 Å². The van der Waals surface area contributed by atoms with Crippen molar-refractivity contribution in [1.82, 2.24) is 16.0 Å². The lowest BCUT2D eigenvalue weighted by atomic mass is 9.98. The summed E-state index contributed by atoms with van der Waals surface area (Å²) in [5.41, 5.74) is 6.30. The van der Waals surface area contributed by atoms with E-state index >= 15 is 0 Å². The van der Waals surface area contributed by atoms with E-state index in [1.54, 1.807) is 3.11 Å². The number of carboxylic acids is 2. The zero-order valence-electron chi connectivity index (χ0n) is 19.0. The predicted molar refractivity (Wildman–Crippen MR) is 145 cm³/mol. The van der Waals surface area contributed by atoms with Crippen LogP contribution < -0.4 is 5.73 Å². The minimum absolute atomic E-state index is 0.0294. The minimum atomic E-state index is -0.820. The van der Waals surface area contributed by atoms with E-state index in [-0.39, 0.29) is 13.1 Å². The summed E-state index contributed by atoms with van der Waals surface area (Å²) in [6, 6.07) is 8.43. The van der Waals surface area contributed by atoms with Crippen LogP contribution >= 0.6 is 45.7 Å². The van der Waals surface area contributed by atoms with Crippen molar-refractivity contribution < 1.29 is 25.5 Å². The zero-order chi connectivity index (χ0) is 24.2. The number of hydrogen-bond acceptors (Lipinski definition) is 6. The van der Waals surface area contributed by atoms with Crippen LogP contribution in [0.4, 0.5) is 5.69 Å². The Morgan fingerprint density at radius 1 is 1.03 bits per heavy atom. The highest BCUT2D eigenvalue weighted by molar-refractivity contribution is 14.1. The third kappa shape index (κ3) is 12.6. The number of aliphatic carboxylic acids is 2. The monoisotopic (exact) mass is 688 g/mol. The van der Waals surface area contributed by atoms with E-state index in [1.165, 1.54) is 5.56 Å². The number of benzene rings is 1. The van der Waals surface area contributed by atoms with Crippen molar-refractivity contribution in [2.45, 2.75) is 19.3 Å². The van der Waals surface area contributed by atoms with Crippen LogP contribution in [0.5, 0.6) is 0 Å². The van der Waals surface area contributed by atoms with Gasteiger partial charge in [0.2, 0.25) is 0 Å². The van der Waals surface area contributed by atoms with E-state index in [4.69, 9.17) is 5.11 Å². The molecule has 2 rings (SSSR count). The molecule has 0 aromatic heterocycles. The first-order chi connectivity index (χ1) is 15.7. The number of nitrogens with zero attached hydrogens (tertiary/aromatic N) is 4. The first-order valence-corrected chi connectivity index (χ1v) is 13.2. The Hall–Kier alpha value is -0.580. The normalized spacial score (nSPS) is 19.9. The van der Waals surface area contributed by atoms with Crippen LogP contribution in [0.1, 0.15) is 18.4 Å². The molecule has 1 heterocycles. The average Bonchev–Trinajstić information content (AvgIpc) is 2.74. The fourth-order valence-electron chi connectivity index (χ4n) is 4.13. The molecule has 1 saturated heterocycles. The fraction of sp³-hybridized carbons (Fsp3) is 0.636. The first-order valence-electron chi connectivity index (χ1n) is 11.3. The van der Waals surface area contributed by atoms with E-state index in [1.807, 2.05) is 4.90 Å². The van der Waals surface area contributed by atoms with Gasteiger partial charge in [-0.1, -0.05) is 12.1 Å². The van der Waals surface area contributed by atoms with E-state index in [9.17, 15) is 14.7 Å². The second-order valence-electron chi connectivity index (χ2n) is 8.67. The predicted octanol–water partition coefficient (Wildman–Crippen LogP) is 1.59. The molecule has 0 amide bonds. The van der Waals surface area contributed by atoms with E-state index in [0.717, 1.165) is 70.8 Å². The van der Waals surface area contributed by atoms with Gasteiger partial charge in [0, 0.05) is 91.5 Å². The Kier molecular flexibility index (Phi) is 13.4. The molecule has 0 bridgehead atoms. The lowest BCUT2D eigenvalue weighted by Crippen LogP contribution is -2.41. The maximum Gasteiger partial charge on any atom is 0.318 e. The summed E-state index contributed by atoms with van der Waals surface area (Å²) in [7, 11) is 0. The molecule has 1 unspecified atom stereocenters. The molecule has 1 aromatic rings. The maximum absolute atomic E-state index is 11.3. The minimum Gasteiger partial charge on any atom is -0.480 e. The fourth-order valence-corrected chi connectivity index (χ4v) is 5.66. The Bertz CT molecular complexity index is 740. The number of carbonyl (C=O) groups is 2. The highest BCUT2D eigenvalue weighted by atomic mass is 127. The molecule has 0 spiro atoms. The highest BCUT2D eigenvalue weighted by Crippen LogP contribution is 2.17. The zero-order valence-corrected chi connectivity index (χ0v) is 23.4. The van der Waals surface area contributed by atoms with Crippen molar-refractivity contribution in [3.63, 3.8) is 0 Å². The molecule has 0 saturated carbocycles. The Morgan fingerprint density at radius 2 is 1.73 bits per heavy atom. The summed E-state index contributed by atoms with van der Waals surface area (Å²) < 4.78 is 4.13. The van der Waals surface area contributed by atoms with Crippen LogP contribution in [-0.2, 0) is 16.0 Å². The molecule has 5 N–H and O–H groups in total. The maximum atomic E-state index is 11.3. The largest absolute Gasteiger partial charge is 0.480 e. The van der Waals surface area contributed by atoms with Crippen molar-refractivity contribution in [2.24, 2.45) is 5.92 Å². The van der Waals surface area contributed by atoms with Gasteiger partial charge in [-0.3, -0.25) is 14.5 Å². The van der Waals surface area contributed by atoms with Crippen LogP contribution in [0.25, 0.3) is 0 Å². The van der Waals surface area contributed by atoms with Gasteiger partial charge in [0.15, 0.2) is 0 Å². The topological polar surface area (TPSA) is 115 Å². The van der Waals surface area contributed by atoms with Gasteiger partial charge < -0.3 is 20.8 Å². The number of carboxylic acid groups (broad SMARTS) is 2. The van der Waals surface area contributed by atoms with Crippen LogP contribution in [0.3, 0.4) is 0 Å². The molecular formula is C22H36I2N5O4+. The van der Waals surface area contributed by atoms with Crippen LogP contribution in [0.2, 0.25) is 0 Å². The van der Waals surface area contributed by atoms with Crippen molar-refractivity contribution in [3.8, 4) is 0 Å². The Morgan fingerprint density at radius 3 is 2.39 bits per heavy atom. The van der Waals surface area contributed by atoms with Crippen LogP contribution in [0, 0.1) is 5.92 Å². The van der Waals surface area contributed by atoms with Gasteiger partial charge in [-0.2, -0.15) is 0 Å². The second-order valence-corrected chi connectivity index (χ2v) is 11.4. The SMILES string of the molecule is [NH3+]c1ccc(CC2CN(I)CCCN(CC(=O)O)CCN(CCCN(I)CC(=O)O)C2)cc1. The van der Waals surface area contributed by atoms with Crippen molar-refractivity contribution in [3.05, 3.63) is 29.8 Å². The average molecular weight is 688 g/mol. The molecule has 186 valence electrons. The number of hydrogen-bond donors (Lipinski definition) is 3. The third-order valence-electron chi connectivity index (χ3n) is 5.67. The quantitative estimate of drug-likeness (QED) is 0.251. The van der Waals surface area contributed by atoms with Gasteiger partial charge in [0.1, 0.15) is 12.2 Å². The summed E-state index contributed by atoms with van der Waals surface area (Å²) in [5.74, 6) is -1.17. The summed E-state index contributed by atoms with van der Waals surface area (Å²) in [4.78, 5) is 26.7. The summed E-state index contributed by atoms with van der Waals surface area (Å²) in [6.07, 6.45) is 2.79. The highest BCUT2D eigenvalue weighted by Gasteiger charge is 2.21. The van der Waals surface area contributed by atoms with E-state index in [2.05, 4.69) is 83.7 Å². The molecule has 33 heavy (non-hydrogen) atoms. The summed E-state index contributed by atoms with van der Waals surface area (Å²) in [6.45, 7) is 6.79. The molecule has 1 aliphatic heterocycles. The van der Waals surface area contributed by atoms with Crippen molar-refractivity contribution >= 4 is 63.4 Å². The van der Waals surface area contributed by atoms with Crippen LogP contribution in [0.15, 0.2) is 24.3 Å². The molecular weight excluding hydrogens is 652 g/mol. The van der Waals surface area contributed by atoms with E-state index in [0.29, 0.717) is 12.5 Å². The standard InChI is InChI=1S/C22H35I2N5O4/c23-28-9-2-8-27(16-21(30)31)12-11-26(7-1-10-29(24)17-22(32)33)14-19(15-28)13-18-3-5-20(25)6-4-18/h3-6,19H,1-2,7-17,25H2,(H,30,31)(H,32,33)/p+1. The molecule has 1 fully saturated rings. The molecule has 1 atom stereocenters. The number of halogens is 2. The van der Waals surface area contributed by atoms with Gasteiger partial charge in [-0.15, -0.1) is 0 Å². The smallest absolute Gasteiger partial charge is 0.318 e. The molecule has 11 heteroatoms. The van der Waals surface area contributed by atoms with Gasteiger partial charge >= 0.3 is 11.9 Å². The third-order valence-corrected chi connectivity index (χ3v) is 7.37. The van der Waals surface area contributed by atoms with Gasteiger partial charge in [-0.05, 0) is 49.4 Å². The number of rotatable bonds is 10. The van der Waals surface area contributed by atoms with Gasteiger partial charge in [0.25, 0.3) is 0 Å². The van der Waals surface area contributed by atoms with Gasteiger partial charge in [-0.25, -0.2) is 6.23 Å². The summed E-state index contributed by atoms with van der Waals surface area (Å²) in [5, 5.41) is 18.3. The van der Waals surface area contributed by atoms with E-state index < -0.39 is 11.9 Å². The Balaban J connectivity index is 2.08. The molecule has 1 aliphatic rings. The second kappa shape index (κ2) is 15.4. The molecule has 1 aromatic carbocycles. The lowest BCUT2D eigenvalue weighted by Gasteiger charge is -2.30. The van der Waals surface area contributed by atoms with Crippen molar-refractivity contribution in [1.29, 1.82) is 0 Å². The first kappa shape index (κ1) is 28.7. The molecule has 0 aliphatic carbocycles. The van der Waals surface area contributed by atoms with Gasteiger partial charge in [0.05, 0.1) is 6.54 Å². The number of quaternary nitrogens is 1.